The number of halogens is 4. The van der Waals surface area contributed by atoms with Gasteiger partial charge in [0, 0.05) is 30.4 Å². The van der Waals surface area contributed by atoms with Crippen molar-refractivity contribution in [2.45, 2.75) is 18.6 Å². The van der Waals surface area contributed by atoms with E-state index in [-0.39, 0.29) is 11.9 Å². The van der Waals surface area contributed by atoms with Gasteiger partial charge in [-0.05, 0) is 36.8 Å². The summed E-state index contributed by atoms with van der Waals surface area (Å²) in [5.41, 5.74) is -0.459. The van der Waals surface area contributed by atoms with Crippen molar-refractivity contribution in [3.8, 4) is 5.75 Å². The molecule has 2 aromatic rings. The molecule has 1 aromatic carbocycles. The Morgan fingerprint density at radius 3 is 2.74 bits per heavy atom. The number of hydrogen-bond donors (Lipinski definition) is 1. The number of nitrogens with zero attached hydrogens (tertiary/aromatic N) is 2. The number of carbonyl (C=O) groups is 1. The predicted octanol–water partition coefficient (Wildman–Crippen LogP) is 3.77. The van der Waals surface area contributed by atoms with Gasteiger partial charge in [0.05, 0.1) is 18.2 Å². The smallest absolute Gasteiger partial charge is 0.417 e. The second-order valence-electron chi connectivity index (χ2n) is 6.15. The van der Waals surface area contributed by atoms with Crippen molar-refractivity contribution in [3.63, 3.8) is 0 Å². The van der Waals surface area contributed by atoms with Gasteiger partial charge in [0.2, 0.25) is 0 Å². The van der Waals surface area contributed by atoms with E-state index in [1.165, 1.54) is 19.2 Å². The molecule has 0 aliphatic carbocycles. The van der Waals surface area contributed by atoms with Crippen molar-refractivity contribution in [2.24, 2.45) is 0 Å². The summed E-state index contributed by atoms with van der Waals surface area (Å²) in [6.45, 7) is 1.03. The molecular formula is C18H17ClF3N3O2. The van der Waals surface area contributed by atoms with Crippen molar-refractivity contribution in [1.29, 1.82) is 0 Å². The summed E-state index contributed by atoms with van der Waals surface area (Å²) in [5, 5.41) is 3.32. The van der Waals surface area contributed by atoms with Crippen LogP contribution in [0, 0.1) is 0 Å². The Labute approximate surface area is 159 Å². The fourth-order valence-corrected chi connectivity index (χ4v) is 3.12. The van der Waals surface area contributed by atoms with Gasteiger partial charge in [-0.2, -0.15) is 13.2 Å². The molecule has 9 heteroatoms. The number of nitrogens with one attached hydrogen (secondary N) is 1. The molecule has 5 nitrogen and oxygen atoms in total. The van der Waals surface area contributed by atoms with E-state index < -0.39 is 11.7 Å². The minimum atomic E-state index is -4.41. The van der Waals surface area contributed by atoms with Gasteiger partial charge >= 0.3 is 6.18 Å². The van der Waals surface area contributed by atoms with E-state index in [0.29, 0.717) is 41.7 Å². The number of anilines is 1. The number of hydrogen-bond acceptors (Lipinski definition) is 4. The highest BCUT2D eigenvalue weighted by Gasteiger charge is 2.31. The summed E-state index contributed by atoms with van der Waals surface area (Å²) in [4.78, 5) is 18.2. The van der Waals surface area contributed by atoms with Crippen molar-refractivity contribution in [3.05, 3.63) is 52.7 Å². The maximum Gasteiger partial charge on any atom is 0.417 e. The summed E-state index contributed by atoms with van der Waals surface area (Å²) in [6, 6.07) is 6.96. The third kappa shape index (κ3) is 4.44. The van der Waals surface area contributed by atoms with Crippen LogP contribution >= 0.6 is 11.6 Å². The molecule has 1 saturated heterocycles. The van der Waals surface area contributed by atoms with Crippen LogP contribution < -0.4 is 15.0 Å². The Kier molecular flexibility index (Phi) is 5.46. The van der Waals surface area contributed by atoms with Gasteiger partial charge in [-0.15, -0.1) is 0 Å². The van der Waals surface area contributed by atoms with E-state index in [1.807, 2.05) is 4.90 Å². The van der Waals surface area contributed by atoms with Crippen molar-refractivity contribution in [2.75, 3.05) is 25.1 Å². The third-order valence-electron chi connectivity index (χ3n) is 4.33. The molecular weight excluding hydrogens is 383 g/mol. The number of alkyl halides is 3. The van der Waals surface area contributed by atoms with Crippen molar-refractivity contribution >= 4 is 23.3 Å². The fraction of sp³-hybridized carbons (Fsp3) is 0.333. The van der Waals surface area contributed by atoms with Crippen LogP contribution in [-0.4, -0.2) is 37.1 Å². The first kappa shape index (κ1) is 19.3. The van der Waals surface area contributed by atoms with Crippen molar-refractivity contribution < 1.29 is 22.7 Å². The average Bonchev–Trinajstić information content (AvgIpc) is 3.09. The van der Waals surface area contributed by atoms with E-state index in [0.717, 1.165) is 12.3 Å². The largest absolute Gasteiger partial charge is 0.496 e. The normalized spacial score (nSPS) is 17.1. The van der Waals surface area contributed by atoms with Crippen LogP contribution in [0.15, 0.2) is 36.5 Å². The number of methoxy groups -OCH3 is 1. The SMILES string of the molecule is COc1ccc(Cl)cc1C(=O)N[C@H]1CCN(c2ccc(C(F)(F)F)cn2)C1. The molecule has 27 heavy (non-hydrogen) atoms. The number of amides is 1. The first-order chi connectivity index (χ1) is 12.8. The van der Waals surface area contributed by atoms with E-state index >= 15 is 0 Å². The topological polar surface area (TPSA) is 54.5 Å². The average molecular weight is 400 g/mol. The fourth-order valence-electron chi connectivity index (χ4n) is 2.95. The standard InChI is InChI=1S/C18H17ClF3N3O2/c1-27-15-4-3-12(19)8-14(15)17(26)24-13-6-7-25(10-13)16-5-2-11(9-23-16)18(20,21)22/h2-5,8-9,13H,6-7,10H2,1H3,(H,24,26)/t13-/m0/s1. The van der Waals surface area contributed by atoms with E-state index in [2.05, 4.69) is 10.3 Å². The summed E-state index contributed by atoms with van der Waals surface area (Å²) in [7, 11) is 1.47. The molecule has 3 rings (SSSR count). The minimum absolute atomic E-state index is 0.162. The van der Waals surface area contributed by atoms with Crippen molar-refractivity contribution in [1.82, 2.24) is 10.3 Å². The number of benzene rings is 1. The molecule has 0 radical (unpaired) electrons. The number of ether oxygens (including phenoxy) is 1. The molecule has 0 unspecified atom stereocenters. The zero-order valence-electron chi connectivity index (χ0n) is 14.4. The highest BCUT2D eigenvalue weighted by molar-refractivity contribution is 6.31. The number of pyridine rings is 1. The van der Waals surface area contributed by atoms with Gasteiger partial charge in [0.15, 0.2) is 0 Å². The molecule has 0 bridgehead atoms. The van der Waals surface area contributed by atoms with Gasteiger partial charge in [0.1, 0.15) is 11.6 Å². The van der Waals surface area contributed by atoms with Gasteiger partial charge in [-0.3, -0.25) is 4.79 Å². The quantitative estimate of drug-likeness (QED) is 0.850. The van der Waals surface area contributed by atoms with Crippen LogP contribution in [0.3, 0.4) is 0 Å². The Bertz CT molecular complexity index is 828. The molecule has 1 aliphatic heterocycles. The van der Waals surface area contributed by atoms with Crippen LogP contribution in [-0.2, 0) is 6.18 Å². The van der Waals surface area contributed by atoms with E-state index in [1.54, 1.807) is 12.1 Å². The zero-order chi connectivity index (χ0) is 19.6. The lowest BCUT2D eigenvalue weighted by atomic mass is 10.1. The number of aromatic nitrogens is 1. The third-order valence-corrected chi connectivity index (χ3v) is 4.56. The van der Waals surface area contributed by atoms with E-state index in [9.17, 15) is 18.0 Å². The van der Waals surface area contributed by atoms with E-state index in [4.69, 9.17) is 16.3 Å². The minimum Gasteiger partial charge on any atom is -0.496 e. The molecule has 1 fully saturated rings. The summed E-state index contributed by atoms with van der Waals surface area (Å²) in [5.74, 6) is 0.540. The van der Waals surface area contributed by atoms with Gasteiger partial charge in [0.25, 0.3) is 5.91 Å². The number of rotatable bonds is 4. The number of carbonyl (C=O) groups excluding carboxylic acids is 1. The first-order valence-corrected chi connectivity index (χ1v) is 8.58. The molecule has 1 amide bonds. The first-order valence-electron chi connectivity index (χ1n) is 8.20. The second kappa shape index (κ2) is 7.64. The lowest BCUT2D eigenvalue weighted by Gasteiger charge is -2.19. The Balaban J connectivity index is 1.65. The van der Waals surface area contributed by atoms with Crippen LogP contribution in [0.25, 0.3) is 0 Å². The van der Waals surface area contributed by atoms with Gasteiger partial charge in [-0.25, -0.2) is 4.98 Å². The highest BCUT2D eigenvalue weighted by atomic mass is 35.5. The lowest BCUT2D eigenvalue weighted by molar-refractivity contribution is -0.137. The van der Waals surface area contributed by atoms with Crippen LogP contribution in [0.5, 0.6) is 5.75 Å². The molecule has 0 spiro atoms. The lowest BCUT2D eigenvalue weighted by Crippen LogP contribution is -2.37. The Morgan fingerprint density at radius 2 is 2.11 bits per heavy atom. The van der Waals surface area contributed by atoms with Crippen LogP contribution in [0.1, 0.15) is 22.3 Å². The maximum absolute atomic E-state index is 12.6. The molecule has 1 atom stereocenters. The molecule has 144 valence electrons. The second-order valence-corrected chi connectivity index (χ2v) is 6.59. The molecule has 1 aliphatic rings. The molecule has 1 aromatic heterocycles. The molecule has 2 heterocycles. The predicted molar refractivity (Wildman–Crippen MR) is 95.3 cm³/mol. The van der Waals surface area contributed by atoms with Crippen LogP contribution in [0.2, 0.25) is 5.02 Å². The summed E-state index contributed by atoms with van der Waals surface area (Å²) in [6.07, 6.45) is -2.95. The molecule has 1 N–H and O–H groups in total. The maximum atomic E-state index is 12.6. The molecule has 0 saturated carbocycles. The Morgan fingerprint density at radius 1 is 1.33 bits per heavy atom. The zero-order valence-corrected chi connectivity index (χ0v) is 15.1. The van der Waals surface area contributed by atoms with Gasteiger partial charge < -0.3 is 15.0 Å². The summed E-state index contributed by atoms with van der Waals surface area (Å²) < 4.78 is 43.1. The highest BCUT2D eigenvalue weighted by Crippen LogP contribution is 2.30. The monoisotopic (exact) mass is 399 g/mol. The Hall–Kier alpha value is -2.48. The van der Waals surface area contributed by atoms with Crippen LogP contribution in [0.4, 0.5) is 19.0 Å². The summed E-state index contributed by atoms with van der Waals surface area (Å²) >= 11 is 5.95. The van der Waals surface area contributed by atoms with Gasteiger partial charge in [-0.1, -0.05) is 11.6 Å².